The quantitative estimate of drug-likeness (QED) is 0.0770. The van der Waals surface area contributed by atoms with Gasteiger partial charge in [-0.1, -0.05) is 0 Å². The Morgan fingerprint density at radius 3 is 1.83 bits per heavy atom. The molecule has 0 aromatic carbocycles. The summed E-state index contributed by atoms with van der Waals surface area (Å²) >= 11 is 0. The van der Waals surface area contributed by atoms with Gasteiger partial charge in [0, 0.05) is 45.4 Å². The number of alkyl carbamates (subject to hydrolysis) is 1. The highest BCUT2D eigenvalue weighted by Crippen LogP contribution is 2.20. The fourth-order valence-electron chi connectivity index (χ4n) is 4.10. The molecule has 11 nitrogen and oxygen atoms in total. The Bertz CT molecular complexity index is 669. The molecule has 0 bridgehead atoms. The number of nitrogens with one attached hydrogen (secondary N) is 1. The molecule has 0 saturated carbocycles. The van der Waals surface area contributed by atoms with E-state index in [1.165, 1.54) is 0 Å². The molecule has 0 radical (unpaired) electrons. The molecule has 0 fully saturated rings. The lowest BCUT2D eigenvalue weighted by Crippen LogP contribution is -2.45. The van der Waals surface area contributed by atoms with E-state index in [1.807, 2.05) is 34.6 Å². The number of carbonyl (C=O) groups excluding carboxylic acids is 2. The first kappa shape index (κ1) is 39.9. The molecule has 3 atom stereocenters. The van der Waals surface area contributed by atoms with E-state index in [0.717, 1.165) is 25.5 Å². The van der Waals surface area contributed by atoms with Gasteiger partial charge in [-0.05, 0) is 86.9 Å². The van der Waals surface area contributed by atoms with Crippen LogP contribution in [0.25, 0.3) is 0 Å². The molecule has 0 spiro atoms. The summed E-state index contributed by atoms with van der Waals surface area (Å²) in [6, 6.07) is 1.66. The van der Waals surface area contributed by atoms with Crippen LogP contribution in [-0.2, 0) is 41.4 Å². The lowest BCUT2D eigenvalue weighted by atomic mass is 10.2. The molecule has 1 amide bonds. The summed E-state index contributed by atoms with van der Waals surface area (Å²) in [5.74, 6) is -0.258. The number of ether oxygens (including phenoxy) is 4. The van der Waals surface area contributed by atoms with Crippen molar-refractivity contribution in [1.29, 1.82) is 0 Å². The van der Waals surface area contributed by atoms with Gasteiger partial charge < -0.3 is 42.0 Å². The van der Waals surface area contributed by atoms with E-state index >= 15 is 0 Å². The summed E-state index contributed by atoms with van der Waals surface area (Å²) in [5.41, 5.74) is 0. The van der Waals surface area contributed by atoms with Crippen molar-refractivity contribution in [3.63, 3.8) is 0 Å². The number of hydrogen-bond donors (Lipinski definition) is 1. The zero-order valence-corrected chi connectivity index (χ0v) is 29.2. The first-order valence-corrected chi connectivity index (χ1v) is 20.4. The fraction of sp³-hybridized carbons (Fsp3) is 0.929. The molecule has 3 unspecified atom stereocenters. The van der Waals surface area contributed by atoms with E-state index in [9.17, 15) is 9.59 Å². The maximum atomic E-state index is 12.2. The predicted octanol–water partition coefficient (Wildman–Crippen LogP) is 5.30. The Morgan fingerprint density at radius 2 is 1.24 bits per heavy atom. The van der Waals surface area contributed by atoms with Gasteiger partial charge in [0.25, 0.3) is 0 Å². The average Bonchev–Trinajstić information content (AvgIpc) is 2.88. The van der Waals surface area contributed by atoms with Gasteiger partial charge in [0.15, 0.2) is 8.32 Å². The van der Waals surface area contributed by atoms with Crippen molar-refractivity contribution >= 4 is 29.2 Å². The van der Waals surface area contributed by atoms with Gasteiger partial charge in [0.2, 0.25) is 0 Å². The second kappa shape index (κ2) is 23.4. The molecular formula is C28H59NO10Si2. The number of hydrogen-bond acceptors (Lipinski definition) is 10. The van der Waals surface area contributed by atoms with Gasteiger partial charge >= 0.3 is 20.9 Å². The monoisotopic (exact) mass is 625 g/mol. The summed E-state index contributed by atoms with van der Waals surface area (Å²) in [4.78, 5) is 24.2. The van der Waals surface area contributed by atoms with E-state index in [-0.39, 0.29) is 31.4 Å². The number of carbonyl (C=O) groups is 2. The van der Waals surface area contributed by atoms with Crippen molar-refractivity contribution in [3.05, 3.63) is 0 Å². The SMILES string of the molecule is CCO[Si](C)(C)CCCNC(=O)OC(C)COC(C)COCC(C)OC(=O)CCCC[Si](OCC)(OCC)OCC. The molecule has 0 saturated heterocycles. The molecular weight excluding hydrogens is 566 g/mol. The molecule has 244 valence electrons. The molecule has 0 rings (SSSR count). The van der Waals surface area contributed by atoms with Crippen molar-refractivity contribution < 1.29 is 46.2 Å². The Morgan fingerprint density at radius 1 is 0.683 bits per heavy atom. The van der Waals surface area contributed by atoms with Crippen LogP contribution in [0.2, 0.25) is 25.2 Å². The van der Waals surface area contributed by atoms with Crippen molar-refractivity contribution in [2.45, 2.75) is 118 Å². The Labute approximate surface area is 251 Å². The van der Waals surface area contributed by atoms with Crippen LogP contribution in [0.3, 0.4) is 0 Å². The molecule has 0 aromatic rings. The second-order valence-corrected chi connectivity index (χ2v) is 17.7. The maximum absolute atomic E-state index is 12.2. The first-order valence-electron chi connectivity index (χ1n) is 15.3. The molecule has 0 heterocycles. The predicted molar refractivity (Wildman–Crippen MR) is 164 cm³/mol. The molecule has 0 aromatic heterocycles. The van der Waals surface area contributed by atoms with Crippen molar-refractivity contribution in [3.8, 4) is 0 Å². The summed E-state index contributed by atoms with van der Waals surface area (Å²) in [5, 5.41) is 2.78. The van der Waals surface area contributed by atoms with E-state index in [1.54, 1.807) is 13.8 Å². The Hall–Kier alpha value is -1.07. The van der Waals surface area contributed by atoms with E-state index < -0.39 is 29.3 Å². The van der Waals surface area contributed by atoms with Crippen LogP contribution in [0.5, 0.6) is 0 Å². The lowest BCUT2D eigenvalue weighted by Gasteiger charge is -2.28. The van der Waals surface area contributed by atoms with Gasteiger partial charge in [-0.15, -0.1) is 0 Å². The topological polar surface area (TPSA) is 120 Å². The molecule has 13 heteroatoms. The summed E-state index contributed by atoms with van der Waals surface area (Å²) in [6.07, 6.45) is 1.20. The van der Waals surface area contributed by atoms with Gasteiger partial charge in [0.05, 0.1) is 25.9 Å². The molecule has 0 aliphatic rings. The molecule has 0 aliphatic carbocycles. The minimum atomic E-state index is -2.68. The van der Waals surface area contributed by atoms with Crippen LogP contribution >= 0.6 is 0 Å². The summed E-state index contributed by atoms with van der Waals surface area (Å²) < 4.78 is 45.6. The molecule has 1 N–H and O–H groups in total. The summed E-state index contributed by atoms with van der Waals surface area (Å²) in [6.45, 7) is 21.4. The van der Waals surface area contributed by atoms with E-state index in [0.29, 0.717) is 51.9 Å². The smallest absolute Gasteiger partial charge is 0.460 e. The van der Waals surface area contributed by atoms with Crippen molar-refractivity contribution in [2.24, 2.45) is 0 Å². The third-order valence-corrected chi connectivity index (χ3v) is 11.7. The van der Waals surface area contributed by atoms with Crippen molar-refractivity contribution in [2.75, 3.05) is 52.8 Å². The van der Waals surface area contributed by atoms with Crippen LogP contribution in [-0.4, -0.2) is 100 Å². The number of rotatable bonds is 26. The summed E-state index contributed by atoms with van der Waals surface area (Å²) in [7, 11) is -4.32. The third-order valence-electron chi connectivity index (χ3n) is 5.93. The average molecular weight is 626 g/mol. The molecule has 41 heavy (non-hydrogen) atoms. The molecule has 0 aliphatic heterocycles. The second-order valence-electron chi connectivity index (χ2n) is 10.6. The van der Waals surface area contributed by atoms with Gasteiger partial charge in [-0.2, -0.15) is 0 Å². The Kier molecular flexibility index (Phi) is 22.8. The van der Waals surface area contributed by atoms with Gasteiger partial charge in [-0.25, -0.2) is 4.79 Å². The number of amides is 1. The normalized spacial score (nSPS) is 14.4. The first-order chi connectivity index (χ1) is 19.4. The number of esters is 1. The number of unbranched alkanes of at least 4 members (excludes halogenated alkanes) is 1. The zero-order valence-electron chi connectivity index (χ0n) is 27.2. The van der Waals surface area contributed by atoms with Crippen LogP contribution in [0, 0.1) is 0 Å². The fourth-order valence-corrected chi connectivity index (χ4v) is 8.74. The Balaban J connectivity index is 4.04. The zero-order chi connectivity index (χ0) is 31.2. The van der Waals surface area contributed by atoms with Crippen LogP contribution in [0.1, 0.15) is 74.1 Å². The van der Waals surface area contributed by atoms with E-state index in [2.05, 4.69) is 18.4 Å². The van der Waals surface area contributed by atoms with Gasteiger partial charge in [0.1, 0.15) is 12.2 Å². The van der Waals surface area contributed by atoms with Crippen LogP contribution in [0.4, 0.5) is 4.79 Å². The maximum Gasteiger partial charge on any atom is 0.500 e. The highest BCUT2D eigenvalue weighted by atomic mass is 28.4. The minimum Gasteiger partial charge on any atom is -0.460 e. The van der Waals surface area contributed by atoms with Crippen LogP contribution in [0.15, 0.2) is 0 Å². The van der Waals surface area contributed by atoms with E-state index in [4.69, 9.17) is 36.7 Å². The lowest BCUT2D eigenvalue weighted by molar-refractivity contribution is -0.152. The minimum absolute atomic E-state index is 0.205. The largest absolute Gasteiger partial charge is 0.500 e. The third kappa shape index (κ3) is 21.3. The highest BCUT2D eigenvalue weighted by Gasteiger charge is 2.39. The van der Waals surface area contributed by atoms with Gasteiger partial charge in [-0.3, -0.25) is 4.79 Å². The standard InChI is InChI=1S/C28H59NO10Si2/c1-10-34-40(8,9)19-16-18-29-28(31)39-26(7)23-33-24(5)21-32-22-25(6)38-27(30)17-14-15-20-41(35-11-2,36-12-3)37-13-4/h24-26H,10-23H2,1-9H3,(H,29,31). The van der Waals surface area contributed by atoms with Crippen LogP contribution < -0.4 is 5.32 Å². The van der Waals surface area contributed by atoms with Crippen molar-refractivity contribution in [1.82, 2.24) is 5.32 Å². The highest BCUT2D eigenvalue weighted by molar-refractivity contribution is 6.71.